The lowest BCUT2D eigenvalue weighted by Crippen LogP contribution is -2.41. The highest BCUT2D eigenvalue weighted by atomic mass is 16.5. The fourth-order valence-corrected chi connectivity index (χ4v) is 4.01. The molecule has 0 aromatic rings. The Kier molecular flexibility index (Phi) is 6.06. The summed E-state index contributed by atoms with van der Waals surface area (Å²) in [4.78, 5) is 12.3. The summed E-state index contributed by atoms with van der Waals surface area (Å²) in [7, 11) is 0. The second-order valence-electron chi connectivity index (χ2n) is 7.37. The van der Waals surface area contributed by atoms with Crippen molar-refractivity contribution in [1.29, 1.82) is 0 Å². The van der Waals surface area contributed by atoms with E-state index in [9.17, 15) is 4.79 Å². The predicted molar refractivity (Wildman–Crippen MR) is 84.9 cm³/mol. The van der Waals surface area contributed by atoms with Crippen LogP contribution in [0.1, 0.15) is 58.8 Å². The minimum atomic E-state index is 0.0615. The quantitative estimate of drug-likeness (QED) is 0.791. The van der Waals surface area contributed by atoms with E-state index in [0.29, 0.717) is 30.9 Å². The van der Waals surface area contributed by atoms with Crippen LogP contribution in [0.15, 0.2) is 0 Å². The zero-order valence-corrected chi connectivity index (χ0v) is 13.7. The zero-order valence-electron chi connectivity index (χ0n) is 13.7. The Labute approximate surface area is 129 Å². The van der Waals surface area contributed by atoms with Crippen molar-refractivity contribution in [2.45, 2.75) is 64.9 Å². The van der Waals surface area contributed by atoms with Crippen LogP contribution >= 0.6 is 0 Å². The number of ether oxygens (including phenoxy) is 1. The van der Waals surface area contributed by atoms with Crippen LogP contribution in [0.25, 0.3) is 0 Å². The second kappa shape index (κ2) is 7.59. The summed E-state index contributed by atoms with van der Waals surface area (Å²) in [6, 6.07) is 0. The summed E-state index contributed by atoms with van der Waals surface area (Å²) in [5.41, 5.74) is 6.03. The largest absolute Gasteiger partial charge is 0.378 e. The Morgan fingerprint density at radius 2 is 2.05 bits per heavy atom. The van der Waals surface area contributed by atoms with Gasteiger partial charge in [-0.2, -0.15) is 0 Å². The second-order valence-corrected chi connectivity index (χ2v) is 7.37. The number of hydrogen-bond donors (Lipinski definition) is 2. The maximum absolute atomic E-state index is 12.3. The molecule has 1 aliphatic heterocycles. The molecule has 2 rings (SSSR count). The molecule has 1 heterocycles. The summed E-state index contributed by atoms with van der Waals surface area (Å²) in [6.07, 6.45) is 7.90. The molecule has 4 heteroatoms. The summed E-state index contributed by atoms with van der Waals surface area (Å²) in [5.74, 6) is 1.16. The van der Waals surface area contributed by atoms with E-state index in [1.165, 1.54) is 19.3 Å². The van der Waals surface area contributed by atoms with E-state index in [0.717, 1.165) is 32.4 Å². The summed E-state index contributed by atoms with van der Waals surface area (Å²) >= 11 is 0. The van der Waals surface area contributed by atoms with Crippen molar-refractivity contribution in [2.75, 3.05) is 19.7 Å². The molecule has 0 spiro atoms. The molecule has 4 nitrogen and oxygen atoms in total. The van der Waals surface area contributed by atoms with Crippen LogP contribution in [-0.4, -0.2) is 31.7 Å². The van der Waals surface area contributed by atoms with Gasteiger partial charge in [-0.25, -0.2) is 0 Å². The van der Waals surface area contributed by atoms with Crippen LogP contribution in [-0.2, 0) is 9.53 Å². The third kappa shape index (κ3) is 4.43. The molecule has 1 saturated carbocycles. The van der Waals surface area contributed by atoms with Crippen LogP contribution < -0.4 is 11.1 Å². The van der Waals surface area contributed by atoms with E-state index in [1.807, 2.05) is 0 Å². The minimum Gasteiger partial charge on any atom is -0.378 e. The van der Waals surface area contributed by atoms with Crippen molar-refractivity contribution >= 4 is 5.91 Å². The first kappa shape index (κ1) is 16.8. The van der Waals surface area contributed by atoms with Crippen molar-refractivity contribution in [3.05, 3.63) is 0 Å². The first-order valence-corrected chi connectivity index (χ1v) is 8.65. The molecule has 1 aliphatic carbocycles. The Morgan fingerprint density at radius 1 is 1.33 bits per heavy atom. The molecule has 3 N–H and O–H groups in total. The number of amides is 1. The van der Waals surface area contributed by atoms with Crippen molar-refractivity contribution in [1.82, 2.24) is 5.32 Å². The highest BCUT2D eigenvalue weighted by molar-refractivity contribution is 5.76. The molecule has 0 aromatic carbocycles. The SMILES string of the molecule is CC(C)C1OCCC1CNC(=O)CC1(CN)CCCCC1. The fourth-order valence-electron chi connectivity index (χ4n) is 4.01. The normalized spacial score (nSPS) is 28.8. The molecular formula is C17H32N2O2. The van der Waals surface area contributed by atoms with Gasteiger partial charge in [0.2, 0.25) is 5.91 Å². The first-order valence-electron chi connectivity index (χ1n) is 8.65. The van der Waals surface area contributed by atoms with Gasteiger partial charge in [0.15, 0.2) is 0 Å². The van der Waals surface area contributed by atoms with Gasteiger partial charge in [-0.1, -0.05) is 33.1 Å². The molecule has 0 radical (unpaired) electrons. The van der Waals surface area contributed by atoms with Crippen LogP contribution in [0.4, 0.5) is 0 Å². The molecular weight excluding hydrogens is 264 g/mol. The molecule has 1 amide bonds. The molecule has 1 saturated heterocycles. The van der Waals surface area contributed by atoms with Crippen LogP contribution in [0.3, 0.4) is 0 Å². The monoisotopic (exact) mass is 296 g/mol. The van der Waals surface area contributed by atoms with Gasteiger partial charge in [0.25, 0.3) is 0 Å². The number of hydrogen-bond acceptors (Lipinski definition) is 3. The standard InChI is InChI=1S/C17H32N2O2/c1-13(2)16-14(6-9-21-16)11-19-15(20)10-17(12-18)7-4-3-5-8-17/h13-14,16H,3-12,18H2,1-2H3,(H,19,20). The summed E-state index contributed by atoms with van der Waals surface area (Å²) in [5, 5.41) is 3.14. The van der Waals surface area contributed by atoms with Gasteiger partial charge in [-0.3, -0.25) is 4.79 Å². The Hall–Kier alpha value is -0.610. The Bertz CT molecular complexity index is 338. The third-order valence-electron chi connectivity index (χ3n) is 5.36. The minimum absolute atomic E-state index is 0.0615. The lowest BCUT2D eigenvalue weighted by molar-refractivity contribution is -0.124. The predicted octanol–water partition coefficient (Wildman–Crippen LogP) is 2.46. The molecule has 0 bridgehead atoms. The third-order valence-corrected chi connectivity index (χ3v) is 5.36. The topological polar surface area (TPSA) is 64.3 Å². The van der Waals surface area contributed by atoms with Crippen LogP contribution in [0, 0.1) is 17.3 Å². The lowest BCUT2D eigenvalue weighted by Gasteiger charge is -2.35. The van der Waals surface area contributed by atoms with E-state index < -0.39 is 0 Å². The van der Waals surface area contributed by atoms with E-state index in [1.54, 1.807) is 0 Å². The van der Waals surface area contributed by atoms with Crippen molar-refractivity contribution in [2.24, 2.45) is 23.0 Å². The highest BCUT2D eigenvalue weighted by Gasteiger charge is 2.34. The molecule has 122 valence electrons. The molecule has 2 fully saturated rings. The van der Waals surface area contributed by atoms with E-state index >= 15 is 0 Å². The number of nitrogens with one attached hydrogen (secondary N) is 1. The smallest absolute Gasteiger partial charge is 0.220 e. The average Bonchev–Trinajstić information content (AvgIpc) is 2.95. The highest BCUT2D eigenvalue weighted by Crippen LogP contribution is 2.38. The van der Waals surface area contributed by atoms with Crippen LogP contribution in [0.5, 0.6) is 0 Å². The van der Waals surface area contributed by atoms with Crippen molar-refractivity contribution in [3.8, 4) is 0 Å². The molecule has 2 unspecified atom stereocenters. The lowest BCUT2D eigenvalue weighted by atomic mass is 9.71. The van der Waals surface area contributed by atoms with E-state index in [-0.39, 0.29) is 11.3 Å². The van der Waals surface area contributed by atoms with Gasteiger partial charge in [0.05, 0.1) is 6.10 Å². The van der Waals surface area contributed by atoms with Crippen molar-refractivity contribution in [3.63, 3.8) is 0 Å². The number of carbonyl (C=O) groups is 1. The van der Waals surface area contributed by atoms with E-state index in [4.69, 9.17) is 10.5 Å². The maximum atomic E-state index is 12.3. The number of carbonyl (C=O) groups excluding carboxylic acids is 1. The summed E-state index contributed by atoms with van der Waals surface area (Å²) < 4.78 is 5.78. The number of nitrogens with two attached hydrogens (primary N) is 1. The van der Waals surface area contributed by atoms with Crippen LogP contribution in [0.2, 0.25) is 0 Å². The van der Waals surface area contributed by atoms with Gasteiger partial charge >= 0.3 is 0 Å². The van der Waals surface area contributed by atoms with Gasteiger partial charge < -0.3 is 15.8 Å². The van der Waals surface area contributed by atoms with Gasteiger partial charge in [-0.05, 0) is 37.1 Å². The summed E-state index contributed by atoms with van der Waals surface area (Å²) in [6.45, 7) is 6.60. The Balaban J connectivity index is 1.79. The van der Waals surface area contributed by atoms with Crippen molar-refractivity contribution < 1.29 is 9.53 Å². The van der Waals surface area contributed by atoms with Gasteiger partial charge in [0, 0.05) is 25.5 Å². The maximum Gasteiger partial charge on any atom is 0.220 e. The Morgan fingerprint density at radius 3 is 2.67 bits per heavy atom. The van der Waals surface area contributed by atoms with E-state index in [2.05, 4.69) is 19.2 Å². The fraction of sp³-hybridized carbons (Fsp3) is 0.941. The molecule has 2 aliphatic rings. The zero-order chi connectivity index (χ0) is 15.3. The van der Waals surface area contributed by atoms with Gasteiger partial charge in [0.1, 0.15) is 0 Å². The first-order chi connectivity index (χ1) is 10.1. The molecule has 0 aromatic heterocycles. The molecule has 2 atom stereocenters. The molecule has 21 heavy (non-hydrogen) atoms. The van der Waals surface area contributed by atoms with Gasteiger partial charge in [-0.15, -0.1) is 0 Å². The number of rotatable bonds is 6. The average molecular weight is 296 g/mol.